The lowest BCUT2D eigenvalue weighted by molar-refractivity contribution is -0.383. The summed E-state index contributed by atoms with van der Waals surface area (Å²) in [5.74, 6) is -2.53. The van der Waals surface area contributed by atoms with Crippen LogP contribution in [0.15, 0.2) is 18.2 Å². The maximum absolute atomic E-state index is 13.0. The van der Waals surface area contributed by atoms with Crippen LogP contribution >= 0.6 is 0 Å². The molecule has 1 atom stereocenters. The second-order valence-corrected chi connectivity index (χ2v) is 5.55. The van der Waals surface area contributed by atoms with E-state index in [1.165, 1.54) is 0 Å². The molecule has 0 spiro atoms. The van der Waals surface area contributed by atoms with Crippen LogP contribution in [0.5, 0.6) is 0 Å². The summed E-state index contributed by atoms with van der Waals surface area (Å²) >= 11 is 0. The highest BCUT2D eigenvalue weighted by atomic mass is 32.2. The Kier molecular flexibility index (Phi) is 4.04. The standard InChI is InChI=1S/C9H9FN2O6S/c1-5(9(13)14)19(17,18)11-7-4-6(10)2-3-8(7)12(15)16/h2-5,11H,1H3,(H,13,14). The molecule has 0 bridgehead atoms. The summed E-state index contributed by atoms with van der Waals surface area (Å²) in [5, 5.41) is 17.4. The first-order chi connectivity index (χ1) is 8.65. The van der Waals surface area contributed by atoms with Gasteiger partial charge in [0.1, 0.15) is 11.5 Å². The van der Waals surface area contributed by atoms with Crippen molar-refractivity contribution in [2.24, 2.45) is 0 Å². The van der Waals surface area contributed by atoms with Crippen molar-refractivity contribution in [3.63, 3.8) is 0 Å². The third-order valence-corrected chi connectivity index (χ3v) is 3.86. The molecule has 0 amide bonds. The molecule has 104 valence electrons. The van der Waals surface area contributed by atoms with Gasteiger partial charge in [0.05, 0.1) is 4.92 Å². The third kappa shape index (κ3) is 3.37. The molecule has 1 aromatic carbocycles. The van der Waals surface area contributed by atoms with Gasteiger partial charge in [0.2, 0.25) is 10.0 Å². The normalized spacial score (nSPS) is 12.7. The summed E-state index contributed by atoms with van der Waals surface area (Å²) in [7, 11) is -4.41. The largest absolute Gasteiger partial charge is 0.480 e. The first kappa shape index (κ1) is 14.8. The lowest BCUT2D eigenvalue weighted by atomic mass is 10.3. The topological polar surface area (TPSA) is 127 Å². The van der Waals surface area contributed by atoms with Gasteiger partial charge < -0.3 is 5.11 Å². The van der Waals surface area contributed by atoms with Crippen molar-refractivity contribution in [1.82, 2.24) is 0 Å². The molecule has 1 unspecified atom stereocenters. The molecule has 0 aliphatic heterocycles. The number of nitrogens with one attached hydrogen (secondary N) is 1. The maximum atomic E-state index is 13.0. The smallest absolute Gasteiger partial charge is 0.323 e. The number of halogens is 1. The number of hydrogen-bond donors (Lipinski definition) is 2. The van der Waals surface area contributed by atoms with Crippen LogP contribution in [-0.4, -0.2) is 29.7 Å². The van der Waals surface area contributed by atoms with Gasteiger partial charge >= 0.3 is 5.97 Å². The van der Waals surface area contributed by atoms with E-state index in [2.05, 4.69) is 0 Å². The number of carboxylic acids is 1. The molecule has 0 aromatic heterocycles. The van der Waals surface area contributed by atoms with Gasteiger partial charge in [-0.2, -0.15) is 0 Å². The fourth-order valence-corrected chi connectivity index (χ4v) is 2.04. The van der Waals surface area contributed by atoms with Gasteiger partial charge in [-0.15, -0.1) is 0 Å². The molecule has 1 aromatic rings. The van der Waals surface area contributed by atoms with Crippen LogP contribution in [0.4, 0.5) is 15.8 Å². The number of nitro benzene ring substituents is 1. The van der Waals surface area contributed by atoms with Crippen molar-refractivity contribution >= 4 is 27.4 Å². The van der Waals surface area contributed by atoms with Crippen molar-refractivity contribution in [2.45, 2.75) is 12.2 Å². The van der Waals surface area contributed by atoms with Crippen LogP contribution in [0.3, 0.4) is 0 Å². The van der Waals surface area contributed by atoms with Crippen molar-refractivity contribution < 1.29 is 27.6 Å². The number of nitrogens with zero attached hydrogens (tertiary/aromatic N) is 1. The van der Waals surface area contributed by atoms with Crippen LogP contribution in [0.2, 0.25) is 0 Å². The summed E-state index contributed by atoms with van der Waals surface area (Å²) in [6.45, 7) is 0.885. The summed E-state index contributed by atoms with van der Waals surface area (Å²) in [4.78, 5) is 20.3. The Morgan fingerprint density at radius 2 is 2.11 bits per heavy atom. The molecule has 0 heterocycles. The Bertz CT molecular complexity index is 630. The van der Waals surface area contributed by atoms with Gasteiger partial charge in [0.25, 0.3) is 5.69 Å². The van der Waals surface area contributed by atoms with Gasteiger partial charge in [-0.25, -0.2) is 12.8 Å². The van der Waals surface area contributed by atoms with Crippen LogP contribution in [-0.2, 0) is 14.8 Å². The number of benzene rings is 1. The molecule has 0 aliphatic rings. The number of anilines is 1. The molecule has 0 saturated heterocycles. The van der Waals surface area contributed by atoms with Crippen molar-refractivity contribution in [2.75, 3.05) is 4.72 Å². The number of sulfonamides is 1. The molecular weight excluding hydrogens is 283 g/mol. The number of nitro groups is 1. The Hall–Kier alpha value is -2.23. The number of carboxylic acid groups (broad SMARTS) is 1. The van der Waals surface area contributed by atoms with Crippen molar-refractivity contribution in [1.29, 1.82) is 0 Å². The van der Waals surface area contributed by atoms with E-state index in [0.717, 1.165) is 19.1 Å². The van der Waals surface area contributed by atoms with Crippen LogP contribution in [0.1, 0.15) is 6.92 Å². The fraction of sp³-hybridized carbons (Fsp3) is 0.222. The monoisotopic (exact) mass is 292 g/mol. The van der Waals surface area contributed by atoms with E-state index in [-0.39, 0.29) is 0 Å². The SMILES string of the molecule is CC(C(=O)O)S(=O)(=O)Nc1cc(F)ccc1[N+](=O)[O-]. The fourth-order valence-electron chi connectivity index (χ4n) is 1.12. The van der Waals surface area contributed by atoms with Crippen molar-refractivity contribution in [3.05, 3.63) is 34.1 Å². The Balaban J connectivity index is 3.22. The molecular formula is C9H9FN2O6S. The molecule has 0 fully saturated rings. The number of carbonyl (C=O) groups is 1. The minimum atomic E-state index is -4.41. The van der Waals surface area contributed by atoms with E-state index in [4.69, 9.17) is 5.11 Å². The second-order valence-electron chi connectivity index (χ2n) is 3.55. The predicted octanol–water partition coefficient (Wildman–Crippen LogP) is 0.949. The van der Waals surface area contributed by atoms with E-state index in [1.54, 1.807) is 4.72 Å². The Morgan fingerprint density at radius 1 is 1.53 bits per heavy atom. The highest BCUT2D eigenvalue weighted by Gasteiger charge is 2.30. The van der Waals surface area contributed by atoms with E-state index in [1.807, 2.05) is 0 Å². The molecule has 19 heavy (non-hydrogen) atoms. The van der Waals surface area contributed by atoms with Crippen LogP contribution in [0.25, 0.3) is 0 Å². The second kappa shape index (κ2) is 5.18. The molecule has 0 saturated carbocycles. The van der Waals surface area contributed by atoms with Crippen LogP contribution in [0, 0.1) is 15.9 Å². The molecule has 0 radical (unpaired) electrons. The lowest BCUT2D eigenvalue weighted by Crippen LogP contribution is -2.32. The predicted molar refractivity (Wildman–Crippen MR) is 62.7 cm³/mol. The summed E-state index contributed by atoms with van der Waals surface area (Å²) in [6, 6.07) is 2.17. The molecule has 2 N–H and O–H groups in total. The highest BCUT2D eigenvalue weighted by molar-refractivity contribution is 7.94. The minimum absolute atomic E-state index is 0.601. The average Bonchev–Trinajstić information content (AvgIpc) is 2.26. The summed E-state index contributed by atoms with van der Waals surface area (Å²) in [5.41, 5.74) is -1.30. The molecule has 0 aliphatic carbocycles. The average molecular weight is 292 g/mol. The molecule has 8 nitrogen and oxygen atoms in total. The van der Waals surface area contributed by atoms with Crippen LogP contribution < -0.4 is 4.72 Å². The first-order valence-corrected chi connectivity index (χ1v) is 6.38. The highest BCUT2D eigenvalue weighted by Crippen LogP contribution is 2.26. The van der Waals surface area contributed by atoms with Gasteiger partial charge in [0, 0.05) is 12.1 Å². The van der Waals surface area contributed by atoms with Gasteiger partial charge in [-0.05, 0) is 13.0 Å². The first-order valence-electron chi connectivity index (χ1n) is 4.83. The summed E-state index contributed by atoms with van der Waals surface area (Å²) in [6.07, 6.45) is 0. The van der Waals surface area contributed by atoms with Gasteiger partial charge in [-0.3, -0.25) is 19.6 Å². The molecule has 10 heteroatoms. The number of aliphatic carboxylic acids is 1. The lowest BCUT2D eigenvalue weighted by Gasteiger charge is -2.11. The quantitative estimate of drug-likeness (QED) is 0.614. The minimum Gasteiger partial charge on any atom is -0.480 e. The summed E-state index contributed by atoms with van der Waals surface area (Å²) < 4.78 is 37.9. The Labute approximate surface area is 107 Å². The van der Waals surface area contributed by atoms with E-state index in [9.17, 15) is 27.7 Å². The Morgan fingerprint density at radius 3 is 2.58 bits per heavy atom. The molecule has 1 rings (SSSR count). The van der Waals surface area contributed by atoms with Gasteiger partial charge in [-0.1, -0.05) is 0 Å². The van der Waals surface area contributed by atoms with Crippen molar-refractivity contribution in [3.8, 4) is 0 Å². The van der Waals surface area contributed by atoms with E-state index < -0.39 is 43.4 Å². The van der Waals surface area contributed by atoms with E-state index >= 15 is 0 Å². The van der Waals surface area contributed by atoms with E-state index in [0.29, 0.717) is 6.07 Å². The maximum Gasteiger partial charge on any atom is 0.323 e. The third-order valence-electron chi connectivity index (χ3n) is 2.22. The zero-order chi connectivity index (χ0) is 14.8. The van der Waals surface area contributed by atoms with Gasteiger partial charge in [0.15, 0.2) is 5.25 Å². The zero-order valence-corrected chi connectivity index (χ0v) is 10.3. The number of rotatable bonds is 5. The zero-order valence-electron chi connectivity index (χ0n) is 9.53. The number of hydrogen-bond acceptors (Lipinski definition) is 5.